The van der Waals surface area contributed by atoms with Crippen LogP contribution in [0, 0.1) is 10.1 Å². The highest BCUT2D eigenvalue weighted by atomic mass is 32.2. The molecular weight excluding hydrogens is 240 g/mol. The van der Waals surface area contributed by atoms with Gasteiger partial charge in [-0.3, -0.25) is 10.1 Å². The van der Waals surface area contributed by atoms with Gasteiger partial charge in [-0.1, -0.05) is 0 Å². The summed E-state index contributed by atoms with van der Waals surface area (Å²) in [7, 11) is 1.42. The van der Waals surface area contributed by atoms with Crippen LogP contribution in [-0.2, 0) is 0 Å². The maximum absolute atomic E-state index is 10.8. The van der Waals surface area contributed by atoms with Crippen molar-refractivity contribution in [2.75, 3.05) is 31.0 Å². The molecule has 1 rings (SSSR count). The van der Waals surface area contributed by atoms with Crippen molar-refractivity contribution in [3.63, 3.8) is 0 Å². The van der Waals surface area contributed by atoms with Crippen molar-refractivity contribution >= 4 is 23.1 Å². The predicted octanol–water partition coefficient (Wildman–Crippen LogP) is 2.77. The van der Waals surface area contributed by atoms with Gasteiger partial charge < -0.3 is 10.1 Å². The van der Waals surface area contributed by atoms with E-state index in [0.717, 1.165) is 24.4 Å². The van der Waals surface area contributed by atoms with Gasteiger partial charge in [-0.05, 0) is 30.6 Å². The van der Waals surface area contributed by atoms with Crippen LogP contribution in [0.4, 0.5) is 11.4 Å². The number of nitrogens with one attached hydrogen (secondary N) is 1. The van der Waals surface area contributed by atoms with Crippen molar-refractivity contribution in [1.29, 1.82) is 0 Å². The number of hydrogen-bond acceptors (Lipinski definition) is 5. The van der Waals surface area contributed by atoms with Crippen LogP contribution in [0.25, 0.3) is 0 Å². The molecule has 1 aromatic carbocycles. The molecule has 0 fully saturated rings. The highest BCUT2D eigenvalue weighted by molar-refractivity contribution is 7.98. The van der Waals surface area contributed by atoms with Crippen LogP contribution >= 0.6 is 11.8 Å². The van der Waals surface area contributed by atoms with Gasteiger partial charge in [0.05, 0.1) is 12.0 Å². The highest BCUT2D eigenvalue weighted by Gasteiger charge is 2.14. The van der Waals surface area contributed by atoms with E-state index in [4.69, 9.17) is 4.74 Å². The summed E-state index contributed by atoms with van der Waals surface area (Å²) in [5.41, 5.74) is 0.737. The molecule has 5 nitrogen and oxygen atoms in total. The van der Waals surface area contributed by atoms with E-state index in [0.29, 0.717) is 0 Å². The van der Waals surface area contributed by atoms with Crippen molar-refractivity contribution in [2.24, 2.45) is 0 Å². The molecule has 0 spiro atoms. The highest BCUT2D eigenvalue weighted by Crippen LogP contribution is 2.29. The maximum atomic E-state index is 10.8. The Labute approximate surface area is 105 Å². The second kappa shape index (κ2) is 7.01. The number of ether oxygens (including phenoxy) is 1. The van der Waals surface area contributed by atoms with Crippen molar-refractivity contribution in [1.82, 2.24) is 0 Å². The Bertz CT molecular complexity index is 385. The number of nitro benzene ring substituents is 1. The predicted molar refractivity (Wildman–Crippen MR) is 71.1 cm³/mol. The van der Waals surface area contributed by atoms with Gasteiger partial charge in [-0.2, -0.15) is 11.8 Å². The minimum Gasteiger partial charge on any atom is -0.490 e. The van der Waals surface area contributed by atoms with Gasteiger partial charge in [0.2, 0.25) is 0 Å². The Hall–Kier alpha value is -1.43. The third-order valence-electron chi connectivity index (χ3n) is 2.23. The summed E-state index contributed by atoms with van der Waals surface area (Å²) in [6, 6.07) is 4.89. The molecular formula is C11H16N2O3S. The van der Waals surface area contributed by atoms with Gasteiger partial charge in [0.15, 0.2) is 5.75 Å². The van der Waals surface area contributed by atoms with Gasteiger partial charge in [0, 0.05) is 18.3 Å². The number of benzene rings is 1. The summed E-state index contributed by atoms with van der Waals surface area (Å²) in [4.78, 5) is 10.4. The maximum Gasteiger partial charge on any atom is 0.312 e. The molecule has 0 saturated carbocycles. The number of methoxy groups -OCH3 is 1. The molecule has 94 valence electrons. The van der Waals surface area contributed by atoms with Crippen LogP contribution in [0.2, 0.25) is 0 Å². The van der Waals surface area contributed by atoms with Gasteiger partial charge in [-0.25, -0.2) is 0 Å². The van der Waals surface area contributed by atoms with E-state index in [9.17, 15) is 10.1 Å². The number of thioether (sulfide) groups is 1. The summed E-state index contributed by atoms with van der Waals surface area (Å²) < 4.78 is 4.93. The molecule has 0 aliphatic heterocycles. The van der Waals surface area contributed by atoms with Crippen molar-refractivity contribution in [2.45, 2.75) is 6.42 Å². The van der Waals surface area contributed by atoms with E-state index in [1.807, 2.05) is 0 Å². The molecule has 6 heteroatoms. The first-order valence-electron chi connectivity index (χ1n) is 5.24. The molecule has 0 saturated heterocycles. The Kier molecular flexibility index (Phi) is 5.62. The van der Waals surface area contributed by atoms with Crippen LogP contribution in [0.5, 0.6) is 5.75 Å². The number of anilines is 1. The standard InChI is InChI=1S/C11H16N2O3S/c1-16-11-5-4-9(8-10(11)13(14)15)12-6-3-7-17-2/h4-5,8,12H,3,6-7H2,1-2H3. The lowest BCUT2D eigenvalue weighted by atomic mass is 10.2. The topological polar surface area (TPSA) is 64.4 Å². The molecule has 0 aliphatic carbocycles. The third kappa shape index (κ3) is 4.14. The van der Waals surface area contributed by atoms with Gasteiger partial charge in [0.25, 0.3) is 0 Å². The van der Waals surface area contributed by atoms with E-state index in [1.54, 1.807) is 23.9 Å². The van der Waals surface area contributed by atoms with E-state index in [1.165, 1.54) is 13.2 Å². The molecule has 0 bridgehead atoms. The van der Waals surface area contributed by atoms with E-state index in [-0.39, 0.29) is 11.4 Å². The first-order valence-corrected chi connectivity index (χ1v) is 6.63. The first-order chi connectivity index (χ1) is 8.19. The zero-order valence-corrected chi connectivity index (χ0v) is 10.8. The van der Waals surface area contributed by atoms with E-state index >= 15 is 0 Å². The lowest BCUT2D eigenvalue weighted by molar-refractivity contribution is -0.385. The summed E-state index contributed by atoms with van der Waals surface area (Å²) in [6.45, 7) is 0.810. The summed E-state index contributed by atoms with van der Waals surface area (Å²) >= 11 is 1.78. The lowest BCUT2D eigenvalue weighted by Crippen LogP contribution is -2.03. The Morgan fingerprint density at radius 2 is 2.29 bits per heavy atom. The second-order valence-electron chi connectivity index (χ2n) is 3.42. The summed E-state index contributed by atoms with van der Waals surface area (Å²) in [6.07, 6.45) is 3.08. The number of rotatable bonds is 7. The second-order valence-corrected chi connectivity index (χ2v) is 4.40. The van der Waals surface area contributed by atoms with Gasteiger partial charge in [-0.15, -0.1) is 0 Å². The summed E-state index contributed by atoms with van der Waals surface area (Å²) in [5, 5.41) is 14.0. The molecule has 0 amide bonds. The zero-order chi connectivity index (χ0) is 12.7. The molecule has 0 atom stereocenters. The van der Waals surface area contributed by atoms with Crippen molar-refractivity contribution in [3.05, 3.63) is 28.3 Å². The van der Waals surface area contributed by atoms with Crippen LogP contribution in [0.1, 0.15) is 6.42 Å². The fourth-order valence-electron chi connectivity index (χ4n) is 1.39. The molecule has 0 heterocycles. The minimum absolute atomic E-state index is 0.0117. The Morgan fingerprint density at radius 1 is 1.53 bits per heavy atom. The van der Waals surface area contributed by atoms with Crippen LogP contribution in [-0.4, -0.2) is 30.6 Å². The largest absolute Gasteiger partial charge is 0.490 e. The van der Waals surface area contributed by atoms with Crippen LogP contribution in [0.15, 0.2) is 18.2 Å². The molecule has 17 heavy (non-hydrogen) atoms. The van der Waals surface area contributed by atoms with Crippen LogP contribution < -0.4 is 10.1 Å². The van der Waals surface area contributed by atoms with Gasteiger partial charge in [0.1, 0.15) is 0 Å². The zero-order valence-electron chi connectivity index (χ0n) is 9.93. The van der Waals surface area contributed by atoms with Gasteiger partial charge >= 0.3 is 5.69 Å². The number of nitro groups is 1. The molecule has 0 aliphatic rings. The quantitative estimate of drug-likeness (QED) is 0.461. The smallest absolute Gasteiger partial charge is 0.312 e. The lowest BCUT2D eigenvalue weighted by Gasteiger charge is -2.07. The SMILES string of the molecule is COc1ccc(NCCCSC)cc1[N+](=O)[O-]. The van der Waals surface area contributed by atoms with Crippen molar-refractivity contribution < 1.29 is 9.66 Å². The van der Waals surface area contributed by atoms with E-state index in [2.05, 4.69) is 11.6 Å². The first kappa shape index (κ1) is 13.6. The number of nitrogens with zero attached hydrogens (tertiary/aromatic N) is 1. The summed E-state index contributed by atoms with van der Waals surface area (Å²) in [5.74, 6) is 1.36. The van der Waals surface area contributed by atoms with Crippen LogP contribution in [0.3, 0.4) is 0 Å². The Balaban J connectivity index is 2.68. The molecule has 0 aromatic heterocycles. The Morgan fingerprint density at radius 3 is 2.88 bits per heavy atom. The molecule has 0 unspecified atom stereocenters. The third-order valence-corrected chi connectivity index (χ3v) is 2.93. The normalized spacial score (nSPS) is 10.0. The average Bonchev–Trinajstić information content (AvgIpc) is 2.34. The fourth-order valence-corrected chi connectivity index (χ4v) is 1.82. The van der Waals surface area contributed by atoms with E-state index < -0.39 is 4.92 Å². The molecule has 1 N–H and O–H groups in total. The van der Waals surface area contributed by atoms with Crippen molar-refractivity contribution in [3.8, 4) is 5.75 Å². The monoisotopic (exact) mass is 256 g/mol. The minimum atomic E-state index is -0.439. The fraction of sp³-hybridized carbons (Fsp3) is 0.455. The number of hydrogen-bond donors (Lipinski definition) is 1. The average molecular weight is 256 g/mol. The molecule has 0 radical (unpaired) electrons. The molecule has 1 aromatic rings.